The zero-order chi connectivity index (χ0) is 32.6. The number of thioether (sulfide) groups is 1. The predicted octanol–water partition coefficient (Wildman–Crippen LogP) is 6.23. The standard InChI is InChI=1S/C35H30N2O8S/c1-42-30-16-21(17-31(43-2)32(30)44-3)15-28(37-33(39)22-7-5-4-6-8-22)34(40)36-25-10-13-27(14-11-25)46-20-24-18-23-9-12-26(38)19-29(23)45-35(24)41/h4-19,38H,20H2,1-3H3,(H,36,40)(H,37,39)/b28-15-. The number of benzene rings is 4. The van der Waals surface area contributed by atoms with E-state index in [-0.39, 0.29) is 11.4 Å². The number of methoxy groups -OCH3 is 3. The molecule has 11 heteroatoms. The maximum atomic E-state index is 13.5. The number of phenolic OH excluding ortho intramolecular Hbond substituents is 1. The fourth-order valence-corrected chi connectivity index (χ4v) is 5.38. The Balaban J connectivity index is 1.35. The van der Waals surface area contributed by atoms with Crippen LogP contribution in [-0.2, 0) is 10.5 Å². The van der Waals surface area contributed by atoms with Crippen LogP contribution < -0.4 is 30.5 Å². The molecular weight excluding hydrogens is 608 g/mol. The molecular formula is C35H30N2O8S. The van der Waals surface area contributed by atoms with Gasteiger partial charge in [0.15, 0.2) is 11.5 Å². The molecule has 5 rings (SSSR count). The molecule has 0 radical (unpaired) electrons. The van der Waals surface area contributed by atoms with Gasteiger partial charge in [-0.2, -0.15) is 0 Å². The molecule has 0 fully saturated rings. The molecule has 1 heterocycles. The fourth-order valence-electron chi connectivity index (χ4n) is 4.53. The van der Waals surface area contributed by atoms with Crippen molar-refractivity contribution in [2.45, 2.75) is 10.6 Å². The number of carbonyl (C=O) groups excluding carboxylic acids is 2. The van der Waals surface area contributed by atoms with E-state index in [1.807, 2.05) is 12.1 Å². The van der Waals surface area contributed by atoms with E-state index in [0.717, 1.165) is 4.90 Å². The second-order valence-corrected chi connectivity index (χ2v) is 10.9. The Bertz CT molecular complexity index is 1950. The van der Waals surface area contributed by atoms with Crippen LogP contribution in [0.4, 0.5) is 5.69 Å². The molecule has 0 aliphatic carbocycles. The van der Waals surface area contributed by atoms with Crippen molar-refractivity contribution in [1.29, 1.82) is 0 Å². The molecule has 10 nitrogen and oxygen atoms in total. The third-order valence-corrected chi connectivity index (χ3v) is 7.89. The summed E-state index contributed by atoms with van der Waals surface area (Å²) in [5.41, 5.74) is 1.70. The lowest BCUT2D eigenvalue weighted by Crippen LogP contribution is -2.30. The Kier molecular flexibility index (Phi) is 9.94. The number of phenols is 1. The van der Waals surface area contributed by atoms with Gasteiger partial charge >= 0.3 is 5.63 Å². The number of nitrogens with one attached hydrogen (secondary N) is 2. The lowest BCUT2D eigenvalue weighted by atomic mass is 10.1. The molecule has 0 aliphatic heterocycles. The molecule has 234 valence electrons. The quantitative estimate of drug-likeness (QED) is 0.0874. The molecule has 4 aromatic carbocycles. The van der Waals surface area contributed by atoms with Crippen molar-refractivity contribution in [1.82, 2.24) is 5.32 Å². The number of hydrogen-bond acceptors (Lipinski definition) is 9. The Morgan fingerprint density at radius 1 is 0.870 bits per heavy atom. The number of fused-ring (bicyclic) bond motifs is 1. The Hall–Kier alpha value is -5.68. The third-order valence-electron chi connectivity index (χ3n) is 6.83. The van der Waals surface area contributed by atoms with Gasteiger partial charge in [-0.3, -0.25) is 9.59 Å². The van der Waals surface area contributed by atoms with Crippen LogP contribution in [0.15, 0.2) is 111 Å². The van der Waals surface area contributed by atoms with E-state index in [2.05, 4.69) is 10.6 Å². The van der Waals surface area contributed by atoms with Crippen molar-refractivity contribution in [2.75, 3.05) is 26.6 Å². The molecule has 3 N–H and O–H groups in total. The van der Waals surface area contributed by atoms with E-state index in [1.165, 1.54) is 51.3 Å². The smallest absolute Gasteiger partial charge is 0.340 e. The average Bonchev–Trinajstić information content (AvgIpc) is 3.07. The lowest BCUT2D eigenvalue weighted by molar-refractivity contribution is -0.113. The molecule has 46 heavy (non-hydrogen) atoms. The molecule has 0 unspecified atom stereocenters. The van der Waals surface area contributed by atoms with Gasteiger partial charge in [-0.15, -0.1) is 11.8 Å². The first-order valence-electron chi connectivity index (χ1n) is 14.0. The Morgan fingerprint density at radius 3 is 2.22 bits per heavy atom. The van der Waals surface area contributed by atoms with Crippen LogP contribution in [0.3, 0.4) is 0 Å². The minimum Gasteiger partial charge on any atom is -0.508 e. The van der Waals surface area contributed by atoms with Gasteiger partial charge in [0, 0.05) is 38.9 Å². The summed E-state index contributed by atoms with van der Waals surface area (Å²) < 4.78 is 21.6. The third kappa shape index (κ3) is 7.51. The first kappa shape index (κ1) is 31.7. The number of rotatable bonds is 11. The van der Waals surface area contributed by atoms with Crippen LogP contribution in [-0.4, -0.2) is 38.3 Å². The maximum absolute atomic E-state index is 13.5. The monoisotopic (exact) mass is 638 g/mol. The fraction of sp³-hybridized carbons (Fsp3) is 0.114. The van der Waals surface area contributed by atoms with Gasteiger partial charge in [0.25, 0.3) is 11.8 Å². The van der Waals surface area contributed by atoms with E-state index < -0.39 is 17.4 Å². The summed E-state index contributed by atoms with van der Waals surface area (Å²) in [6.45, 7) is 0. The summed E-state index contributed by atoms with van der Waals surface area (Å²) in [5.74, 6) is 0.521. The van der Waals surface area contributed by atoms with E-state index in [4.69, 9.17) is 18.6 Å². The SMILES string of the molecule is COc1cc(/C=C(\NC(=O)c2ccccc2)C(=O)Nc2ccc(SCc3cc4ccc(O)cc4oc3=O)cc2)cc(OC)c1OC. The summed E-state index contributed by atoms with van der Waals surface area (Å²) in [5, 5.41) is 15.9. The zero-order valence-corrected chi connectivity index (χ0v) is 26.0. The van der Waals surface area contributed by atoms with Crippen molar-refractivity contribution in [3.05, 3.63) is 124 Å². The minimum atomic E-state index is -0.557. The molecule has 5 aromatic rings. The van der Waals surface area contributed by atoms with Crippen molar-refractivity contribution in [2.24, 2.45) is 0 Å². The van der Waals surface area contributed by atoms with Crippen LogP contribution in [0.25, 0.3) is 17.0 Å². The van der Waals surface area contributed by atoms with Crippen LogP contribution in [0, 0.1) is 0 Å². The van der Waals surface area contributed by atoms with Crippen LogP contribution in [0.1, 0.15) is 21.5 Å². The number of anilines is 1. The number of ether oxygens (including phenoxy) is 3. The minimum absolute atomic E-state index is 0.0158. The molecule has 0 aliphatic rings. The highest BCUT2D eigenvalue weighted by Gasteiger charge is 2.18. The summed E-state index contributed by atoms with van der Waals surface area (Å²) in [7, 11) is 4.47. The number of amides is 2. The highest BCUT2D eigenvalue weighted by Crippen LogP contribution is 2.38. The topological polar surface area (TPSA) is 136 Å². The van der Waals surface area contributed by atoms with E-state index >= 15 is 0 Å². The molecule has 1 aromatic heterocycles. The molecule has 0 bridgehead atoms. The van der Waals surface area contributed by atoms with Crippen LogP contribution in [0.2, 0.25) is 0 Å². The summed E-state index contributed by atoms with van der Waals surface area (Å²) in [6, 6.07) is 25.3. The maximum Gasteiger partial charge on any atom is 0.340 e. The highest BCUT2D eigenvalue weighted by atomic mass is 32.2. The van der Waals surface area contributed by atoms with E-state index in [9.17, 15) is 19.5 Å². The van der Waals surface area contributed by atoms with E-state index in [0.29, 0.717) is 56.3 Å². The van der Waals surface area contributed by atoms with Crippen molar-refractivity contribution in [3.63, 3.8) is 0 Å². The van der Waals surface area contributed by atoms with Gasteiger partial charge in [-0.05, 0) is 78.4 Å². The summed E-state index contributed by atoms with van der Waals surface area (Å²) in [4.78, 5) is 39.9. The molecule has 0 saturated heterocycles. The van der Waals surface area contributed by atoms with Crippen molar-refractivity contribution < 1.29 is 33.3 Å². The Morgan fingerprint density at radius 2 is 1.57 bits per heavy atom. The molecule has 0 atom stereocenters. The van der Waals surface area contributed by atoms with Gasteiger partial charge in [0.1, 0.15) is 17.0 Å². The second-order valence-electron chi connectivity index (χ2n) is 9.89. The van der Waals surface area contributed by atoms with Gasteiger partial charge in [-0.25, -0.2) is 4.79 Å². The largest absolute Gasteiger partial charge is 0.508 e. The zero-order valence-electron chi connectivity index (χ0n) is 25.2. The molecule has 2 amide bonds. The van der Waals surface area contributed by atoms with E-state index in [1.54, 1.807) is 66.7 Å². The second kappa shape index (κ2) is 14.4. The van der Waals surface area contributed by atoms with Gasteiger partial charge in [0.05, 0.1) is 21.3 Å². The summed E-state index contributed by atoms with van der Waals surface area (Å²) in [6.07, 6.45) is 1.52. The van der Waals surface area contributed by atoms with Crippen molar-refractivity contribution >= 4 is 46.3 Å². The first-order valence-corrected chi connectivity index (χ1v) is 14.9. The number of aromatic hydroxyl groups is 1. The molecule has 0 saturated carbocycles. The predicted molar refractivity (Wildman–Crippen MR) is 177 cm³/mol. The van der Waals surface area contributed by atoms with Gasteiger partial charge in [-0.1, -0.05) is 18.2 Å². The average molecular weight is 639 g/mol. The number of hydrogen-bond donors (Lipinski definition) is 3. The molecule has 0 spiro atoms. The normalized spacial score (nSPS) is 11.2. The highest BCUT2D eigenvalue weighted by molar-refractivity contribution is 7.98. The van der Waals surface area contributed by atoms with Crippen LogP contribution in [0.5, 0.6) is 23.0 Å². The van der Waals surface area contributed by atoms with Crippen LogP contribution >= 0.6 is 11.8 Å². The van der Waals surface area contributed by atoms with Crippen molar-refractivity contribution in [3.8, 4) is 23.0 Å². The van der Waals surface area contributed by atoms with Gasteiger partial charge in [0.2, 0.25) is 5.75 Å². The first-order chi connectivity index (χ1) is 22.3. The number of carbonyl (C=O) groups is 2. The van der Waals surface area contributed by atoms with Gasteiger partial charge < -0.3 is 34.4 Å². The summed E-state index contributed by atoms with van der Waals surface area (Å²) >= 11 is 1.43. The lowest BCUT2D eigenvalue weighted by Gasteiger charge is -2.15. The Labute approximate surface area is 268 Å².